The summed E-state index contributed by atoms with van der Waals surface area (Å²) in [7, 11) is 0. The van der Waals surface area contributed by atoms with Crippen molar-refractivity contribution in [3.63, 3.8) is 0 Å². The van der Waals surface area contributed by atoms with Gasteiger partial charge in [-0.3, -0.25) is 0 Å². The van der Waals surface area contributed by atoms with E-state index in [0.29, 0.717) is 11.1 Å². The quantitative estimate of drug-likeness (QED) is 0.286. The number of aromatic hydroxyl groups is 4. The number of carbonyl (C=O) groups excluding carboxylic acids is 1. The fourth-order valence-corrected chi connectivity index (χ4v) is 3.84. The molecule has 0 aliphatic carbocycles. The van der Waals surface area contributed by atoms with Gasteiger partial charge in [-0.25, -0.2) is 9.59 Å². The van der Waals surface area contributed by atoms with E-state index in [1.54, 1.807) is 13.8 Å². The van der Waals surface area contributed by atoms with Gasteiger partial charge in [0.25, 0.3) is 0 Å². The number of phenolic OH excluding ortho intramolecular Hbond substituents is 2. The number of benzene rings is 2. The fraction of sp³-hybridized carbons (Fsp3) is 0.136. The summed E-state index contributed by atoms with van der Waals surface area (Å²) in [5.74, 6) is -3.34. The highest BCUT2D eigenvalue weighted by atomic mass is 16.4. The first kappa shape index (κ1) is 20.0. The van der Waals surface area contributed by atoms with E-state index >= 15 is 0 Å². The second-order valence-corrected chi connectivity index (χ2v) is 7.19. The number of aldehydes is 1. The average Bonchev–Trinajstić information content (AvgIpc) is 2.64. The van der Waals surface area contributed by atoms with Crippen molar-refractivity contribution in [2.24, 2.45) is 0 Å². The van der Waals surface area contributed by atoms with E-state index in [1.807, 2.05) is 0 Å². The second-order valence-electron chi connectivity index (χ2n) is 7.19. The highest BCUT2D eigenvalue weighted by Gasteiger charge is 2.31. The third-order valence-corrected chi connectivity index (χ3v) is 5.16. The Morgan fingerprint density at radius 2 is 1.13 bits per heavy atom. The molecule has 4 aromatic rings. The van der Waals surface area contributed by atoms with Crippen molar-refractivity contribution in [3.05, 3.63) is 67.4 Å². The van der Waals surface area contributed by atoms with Gasteiger partial charge >= 0.3 is 11.3 Å². The van der Waals surface area contributed by atoms with Crippen LogP contribution in [-0.4, -0.2) is 26.7 Å². The molecular formula is C22H16O9. The third-order valence-electron chi connectivity index (χ3n) is 5.16. The minimum absolute atomic E-state index is 0.0602. The number of phenols is 2. The molecule has 2 aromatic carbocycles. The van der Waals surface area contributed by atoms with E-state index in [1.165, 1.54) is 12.1 Å². The summed E-state index contributed by atoms with van der Waals surface area (Å²) in [6.07, 6.45) is 0.209. The lowest BCUT2D eigenvalue weighted by molar-refractivity contribution is -0.108. The number of hydrogen-bond acceptors (Lipinski definition) is 9. The molecule has 0 amide bonds. The molecule has 0 saturated carbocycles. The van der Waals surface area contributed by atoms with E-state index in [4.69, 9.17) is 8.83 Å². The molecule has 2 heterocycles. The molecule has 0 fully saturated rings. The first-order valence-corrected chi connectivity index (χ1v) is 9.07. The summed E-state index contributed by atoms with van der Waals surface area (Å²) in [5, 5.41) is 41.1. The molecule has 2 aromatic heterocycles. The summed E-state index contributed by atoms with van der Waals surface area (Å²) in [4.78, 5) is 37.3. The molecule has 158 valence electrons. The molecule has 0 bridgehead atoms. The molecule has 9 nitrogen and oxygen atoms in total. The molecule has 31 heavy (non-hydrogen) atoms. The molecule has 0 unspecified atom stereocenters. The number of aryl methyl sites for hydroxylation is 2. The largest absolute Gasteiger partial charge is 0.508 e. The van der Waals surface area contributed by atoms with Gasteiger partial charge < -0.3 is 34.1 Å². The first-order chi connectivity index (χ1) is 14.6. The molecule has 0 saturated heterocycles. The number of carbonyl (C=O) groups is 1. The molecule has 4 rings (SSSR count). The lowest BCUT2D eigenvalue weighted by Gasteiger charge is -2.15. The Morgan fingerprint density at radius 1 is 0.742 bits per heavy atom. The Hall–Kier alpha value is -4.27. The van der Waals surface area contributed by atoms with Gasteiger partial charge in [0.15, 0.2) is 0 Å². The van der Waals surface area contributed by atoms with E-state index < -0.39 is 39.8 Å². The van der Waals surface area contributed by atoms with Gasteiger partial charge in [-0.1, -0.05) is 0 Å². The molecule has 4 N–H and O–H groups in total. The maximum absolute atomic E-state index is 12.6. The smallest absolute Gasteiger partial charge is 0.344 e. The van der Waals surface area contributed by atoms with Crippen LogP contribution in [0.4, 0.5) is 0 Å². The molecule has 0 atom stereocenters. The van der Waals surface area contributed by atoms with Crippen molar-refractivity contribution < 1.29 is 34.1 Å². The topological polar surface area (TPSA) is 158 Å². The predicted octanol–water partition coefficient (Wildman–Crippen LogP) is 2.67. The van der Waals surface area contributed by atoms with Gasteiger partial charge in [-0.2, -0.15) is 0 Å². The molecule has 0 aliphatic rings. The molecule has 0 spiro atoms. The van der Waals surface area contributed by atoms with Crippen molar-refractivity contribution in [3.8, 4) is 23.0 Å². The SMILES string of the molecule is Cc1cc(O)cc2oc(=O)c(C(C=O)c3c(O)c4c(C)cc(O)cc4oc3=O)c(O)c12. The maximum Gasteiger partial charge on any atom is 0.344 e. The summed E-state index contributed by atoms with van der Waals surface area (Å²) < 4.78 is 10.3. The van der Waals surface area contributed by atoms with Crippen LogP contribution in [0.15, 0.2) is 42.7 Å². The molecule has 0 radical (unpaired) electrons. The number of fused-ring (bicyclic) bond motifs is 2. The van der Waals surface area contributed by atoms with Crippen LogP contribution < -0.4 is 11.3 Å². The number of rotatable bonds is 3. The van der Waals surface area contributed by atoms with E-state index in [9.17, 15) is 34.8 Å². The van der Waals surface area contributed by atoms with Crippen molar-refractivity contribution in [1.82, 2.24) is 0 Å². The van der Waals surface area contributed by atoms with Gasteiger partial charge in [-0.05, 0) is 37.1 Å². The molecule has 9 heteroatoms. The summed E-state index contributed by atoms with van der Waals surface area (Å²) in [5.41, 5.74) is -2.92. The zero-order valence-corrected chi connectivity index (χ0v) is 16.3. The zero-order valence-electron chi connectivity index (χ0n) is 16.3. The molecular weight excluding hydrogens is 408 g/mol. The Morgan fingerprint density at radius 3 is 1.48 bits per heavy atom. The summed E-state index contributed by atoms with van der Waals surface area (Å²) in [6.45, 7) is 3.08. The van der Waals surface area contributed by atoms with Crippen molar-refractivity contribution in [2.45, 2.75) is 19.8 Å². The van der Waals surface area contributed by atoms with Crippen molar-refractivity contribution in [1.29, 1.82) is 0 Å². The predicted molar refractivity (Wildman–Crippen MR) is 109 cm³/mol. The number of hydrogen-bond donors (Lipinski definition) is 4. The van der Waals surface area contributed by atoms with E-state index in [2.05, 4.69) is 0 Å². The average molecular weight is 424 g/mol. The third kappa shape index (κ3) is 2.98. The van der Waals surface area contributed by atoms with Crippen LogP contribution in [0, 0.1) is 13.8 Å². The van der Waals surface area contributed by atoms with Crippen molar-refractivity contribution in [2.75, 3.05) is 0 Å². The van der Waals surface area contributed by atoms with Gasteiger partial charge in [0, 0.05) is 12.1 Å². The zero-order chi connectivity index (χ0) is 22.6. The van der Waals surface area contributed by atoms with Crippen LogP contribution in [0.5, 0.6) is 23.0 Å². The minimum Gasteiger partial charge on any atom is -0.508 e. The normalized spacial score (nSPS) is 11.5. The van der Waals surface area contributed by atoms with Gasteiger partial charge in [-0.15, -0.1) is 0 Å². The van der Waals surface area contributed by atoms with Crippen LogP contribution in [0.2, 0.25) is 0 Å². The lowest BCUT2D eigenvalue weighted by atomic mass is 9.90. The first-order valence-electron chi connectivity index (χ1n) is 9.07. The Bertz CT molecular complexity index is 1400. The van der Waals surface area contributed by atoms with Crippen molar-refractivity contribution >= 4 is 28.2 Å². The second kappa shape index (κ2) is 6.91. The summed E-state index contributed by atoms with van der Waals surface area (Å²) in [6, 6.07) is 4.89. The monoisotopic (exact) mass is 424 g/mol. The van der Waals surface area contributed by atoms with Gasteiger partial charge in [0.1, 0.15) is 40.5 Å². The standard InChI is InChI=1S/C22H16O9/c1-8-3-10(24)5-13-15(8)19(26)17(21(28)30-13)12(7-23)18-20(27)16-9(2)4-11(25)6-14(16)31-22(18)29/h3-7,12,24-27H,1-2H3. The van der Waals surface area contributed by atoms with Crippen LogP contribution in [0.3, 0.4) is 0 Å². The Kier molecular flexibility index (Phi) is 4.46. The Labute approximate surface area is 173 Å². The van der Waals surface area contributed by atoms with Gasteiger partial charge in [0.2, 0.25) is 0 Å². The van der Waals surface area contributed by atoms with Crippen LogP contribution in [-0.2, 0) is 4.79 Å². The van der Waals surface area contributed by atoms with E-state index in [-0.39, 0.29) is 39.7 Å². The van der Waals surface area contributed by atoms with Gasteiger partial charge in [0.05, 0.1) is 27.8 Å². The lowest BCUT2D eigenvalue weighted by Crippen LogP contribution is -2.21. The highest BCUT2D eigenvalue weighted by Crippen LogP contribution is 2.40. The van der Waals surface area contributed by atoms with Crippen LogP contribution in [0.1, 0.15) is 28.2 Å². The van der Waals surface area contributed by atoms with Crippen LogP contribution in [0.25, 0.3) is 21.9 Å². The molecule has 0 aliphatic heterocycles. The maximum atomic E-state index is 12.6. The highest BCUT2D eigenvalue weighted by molar-refractivity contribution is 5.92. The minimum atomic E-state index is -1.71. The fourth-order valence-electron chi connectivity index (χ4n) is 3.84. The Balaban J connectivity index is 2.09. The summed E-state index contributed by atoms with van der Waals surface area (Å²) >= 11 is 0. The van der Waals surface area contributed by atoms with Crippen LogP contribution >= 0.6 is 0 Å². The van der Waals surface area contributed by atoms with E-state index in [0.717, 1.165) is 12.1 Å².